The molecule has 0 aromatic carbocycles. The molecule has 9 heavy (non-hydrogen) atoms. The predicted molar refractivity (Wildman–Crippen MR) is 41.0 cm³/mol. The second kappa shape index (κ2) is 4.77. The molecule has 0 amide bonds. The van der Waals surface area contributed by atoms with Crippen molar-refractivity contribution >= 4 is 0 Å². The first-order valence-electron chi connectivity index (χ1n) is 2.97. The monoisotopic (exact) mass is 133 g/mol. The summed E-state index contributed by atoms with van der Waals surface area (Å²) < 4.78 is 0.945. The van der Waals surface area contributed by atoms with Gasteiger partial charge in [-0.2, -0.15) is 0 Å². The molecule has 0 fully saturated rings. The van der Waals surface area contributed by atoms with Crippen LogP contribution in [-0.2, 0) is 0 Å². The summed E-state index contributed by atoms with van der Waals surface area (Å²) in [5.41, 5.74) is 0. The molecule has 2 nitrogen and oxygen atoms in total. The molecule has 0 saturated carbocycles. The zero-order valence-corrected chi connectivity index (χ0v) is 7.02. The smallest absolute Gasteiger partial charge is 0.0802 e. The third-order valence-electron chi connectivity index (χ3n) is 0.987. The molecule has 1 N–H and O–H groups in total. The summed E-state index contributed by atoms with van der Waals surface area (Å²) in [4.78, 5) is 0. The number of quaternary nitrogens is 1. The molecule has 58 valence electrons. The Morgan fingerprint density at radius 2 is 1.67 bits per heavy atom. The van der Waals surface area contributed by atoms with Gasteiger partial charge in [0.2, 0.25) is 0 Å². The molecule has 0 unspecified atom stereocenters. The maximum Gasteiger partial charge on any atom is 0.0802 e. The van der Waals surface area contributed by atoms with Crippen molar-refractivity contribution in [2.45, 2.75) is 6.42 Å². The van der Waals surface area contributed by atoms with Gasteiger partial charge in [0.05, 0.1) is 27.7 Å². The summed E-state index contributed by atoms with van der Waals surface area (Å²) in [6.07, 6.45) is 0.906. The van der Waals surface area contributed by atoms with E-state index in [1.54, 1.807) is 0 Å². The number of aliphatic hydroxyl groups excluding tert-OH is 1. The lowest BCUT2D eigenvalue weighted by atomic mass is 10.4. The molecule has 0 aliphatic heterocycles. The highest BCUT2D eigenvalue weighted by Crippen LogP contribution is 1.90. The first-order chi connectivity index (χ1) is 3.56. The predicted octanol–water partition coefficient (Wildman–Crippen LogP) is 0.525. The molecule has 0 aliphatic rings. The van der Waals surface area contributed by atoms with E-state index in [1.807, 2.05) is 0 Å². The lowest BCUT2D eigenvalue weighted by Crippen LogP contribution is -2.35. The van der Waals surface area contributed by atoms with Crippen LogP contribution in [0.2, 0.25) is 0 Å². The largest absolute Gasteiger partial charge is 0.396 e. The molecule has 0 heterocycles. The molecule has 0 rings (SSSR count). The van der Waals surface area contributed by atoms with Gasteiger partial charge in [0.1, 0.15) is 0 Å². The number of rotatable bonds is 3. The minimum atomic E-state index is 0. The van der Waals surface area contributed by atoms with Crippen LogP contribution < -0.4 is 0 Å². The van der Waals surface area contributed by atoms with E-state index >= 15 is 0 Å². The van der Waals surface area contributed by atoms with Crippen LogP contribution in [0.5, 0.6) is 0 Å². The average molecular weight is 133 g/mol. The zero-order valence-electron chi connectivity index (χ0n) is 7.02. The van der Waals surface area contributed by atoms with E-state index in [-0.39, 0.29) is 7.43 Å². The Hall–Kier alpha value is -0.0800. The van der Waals surface area contributed by atoms with Crippen molar-refractivity contribution in [3.05, 3.63) is 7.43 Å². The maximum atomic E-state index is 8.42. The number of aliphatic hydroxyl groups is 1. The van der Waals surface area contributed by atoms with Crippen LogP contribution in [0.3, 0.4) is 0 Å². The molecule has 2 heteroatoms. The van der Waals surface area contributed by atoms with E-state index in [2.05, 4.69) is 21.1 Å². The molecular weight excluding hydrogens is 114 g/mol. The van der Waals surface area contributed by atoms with Gasteiger partial charge < -0.3 is 17.0 Å². The van der Waals surface area contributed by atoms with Crippen LogP contribution in [0, 0.1) is 7.43 Å². The normalized spacial score (nSPS) is 10.7. The molecule has 0 radical (unpaired) electrons. The van der Waals surface area contributed by atoms with E-state index in [0.29, 0.717) is 6.61 Å². The number of hydrogen-bond acceptors (Lipinski definition) is 1. The third-order valence-corrected chi connectivity index (χ3v) is 0.987. The Balaban J connectivity index is 0. The fraction of sp³-hybridized carbons (Fsp3) is 0.857. The van der Waals surface area contributed by atoms with Crippen LogP contribution >= 0.6 is 0 Å². The van der Waals surface area contributed by atoms with Crippen molar-refractivity contribution < 1.29 is 9.59 Å². The number of nitrogens with zero attached hydrogens (tertiary/aromatic N) is 1. The van der Waals surface area contributed by atoms with E-state index in [0.717, 1.165) is 17.4 Å². The standard InChI is InChI=1S/C6H16NO.CH3/c1-7(2,3)5-4-6-8;/h8H,4-6H2,1-3H3;1H3/q+1;-1. The molecule has 0 saturated heterocycles. The highest BCUT2D eigenvalue weighted by molar-refractivity contribution is 4.28. The topological polar surface area (TPSA) is 20.2 Å². The van der Waals surface area contributed by atoms with Gasteiger partial charge in [-0.25, -0.2) is 0 Å². The molecule has 0 aromatic rings. The summed E-state index contributed by atoms with van der Waals surface area (Å²) in [5.74, 6) is 0. The molecule has 0 aliphatic carbocycles. The van der Waals surface area contributed by atoms with Gasteiger partial charge in [-0.3, -0.25) is 0 Å². The van der Waals surface area contributed by atoms with Gasteiger partial charge in [-0.1, -0.05) is 0 Å². The molecule has 0 spiro atoms. The third kappa shape index (κ3) is 11.5. The molecule has 0 atom stereocenters. The Labute approximate surface area is 58.7 Å². The lowest BCUT2D eigenvalue weighted by Gasteiger charge is -2.22. The van der Waals surface area contributed by atoms with Gasteiger partial charge in [0, 0.05) is 13.0 Å². The zero-order chi connectivity index (χ0) is 6.62. The van der Waals surface area contributed by atoms with Gasteiger partial charge >= 0.3 is 0 Å². The first kappa shape index (κ1) is 11.7. The summed E-state index contributed by atoms with van der Waals surface area (Å²) in [6.45, 7) is 1.37. The summed E-state index contributed by atoms with van der Waals surface area (Å²) in [5, 5.41) is 8.42. The lowest BCUT2D eigenvalue weighted by molar-refractivity contribution is -0.870. The number of hydrogen-bond donors (Lipinski definition) is 1. The van der Waals surface area contributed by atoms with E-state index < -0.39 is 0 Å². The molecule has 0 aromatic heterocycles. The van der Waals surface area contributed by atoms with Crippen LogP contribution in [-0.4, -0.2) is 43.9 Å². The maximum absolute atomic E-state index is 8.42. The summed E-state index contributed by atoms with van der Waals surface area (Å²) >= 11 is 0. The first-order valence-corrected chi connectivity index (χ1v) is 2.97. The highest BCUT2D eigenvalue weighted by atomic mass is 16.3. The average Bonchev–Trinajstić information content (AvgIpc) is 1.59. The van der Waals surface area contributed by atoms with E-state index in [9.17, 15) is 0 Å². The van der Waals surface area contributed by atoms with Crippen molar-refractivity contribution in [1.82, 2.24) is 0 Å². The van der Waals surface area contributed by atoms with Crippen molar-refractivity contribution in [2.24, 2.45) is 0 Å². The fourth-order valence-electron chi connectivity index (χ4n) is 0.545. The summed E-state index contributed by atoms with van der Waals surface area (Å²) in [7, 11) is 6.36. The Bertz CT molecular complexity index is 56.4. The molecular formula is C7H19NO. The van der Waals surface area contributed by atoms with Gasteiger partial charge in [-0.15, -0.1) is 0 Å². The fourth-order valence-corrected chi connectivity index (χ4v) is 0.545. The highest BCUT2D eigenvalue weighted by Gasteiger charge is 2.03. The van der Waals surface area contributed by atoms with Crippen LogP contribution in [0.4, 0.5) is 0 Å². The van der Waals surface area contributed by atoms with Crippen molar-refractivity contribution in [2.75, 3.05) is 34.3 Å². The second-order valence-corrected chi connectivity index (χ2v) is 3.09. The van der Waals surface area contributed by atoms with Crippen molar-refractivity contribution in [1.29, 1.82) is 0 Å². The van der Waals surface area contributed by atoms with Crippen molar-refractivity contribution in [3.8, 4) is 0 Å². The van der Waals surface area contributed by atoms with Crippen LogP contribution in [0.1, 0.15) is 6.42 Å². The van der Waals surface area contributed by atoms with Crippen molar-refractivity contribution in [3.63, 3.8) is 0 Å². The van der Waals surface area contributed by atoms with Gasteiger partial charge in [0.25, 0.3) is 0 Å². The Morgan fingerprint density at radius 3 is 1.78 bits per heavy atom. The van der Waals surface area contributed by atoms with Crippen LogP contribution in [0.15, 0.2) is 0 Å². The molecule has 0 bridgehead atoms. The van der Waals surface area contributed by atoms with Gasteiger partial charge in [-0.05, 0) is 0 Å². The van der Waals surface area contributed by atoms with E-state index in [4.69, 9.17) is 5.11 Å². The van der Waals surface area contributed by atoms with Crippen LogP contribution in [0.25, 0.3) is 0 Å². The minimum Gasteiger partial charge on any atom is -0.396 e. The quantitative estimate of drug-likeness (QED) is 0.440. The Kier molecular flexibility index (Phi) is 6.19. The SMILES string of the molecule is C[N+](C)(C)CCCO.[CH3-]. The van der Waals surface area contributed by atoms with Gasteiger partial charge in [0.15, 0.2) is 0 Å². The van der Waals surface area contributed by atoms with E-state index in [1.165, 1.54) is 0 Å². The minimum absolute atomic E-state index is 0. The summed E-state index contributed by atoms with van der Waals surface area (Å²) in [6, 6.07) is 0. The Morgan fingerprint density at radius 1 is 1.22 bits per heavy atom. The second-order valence-electron chi connectivity index (χ2n) is 3.09.